The highest BCUT2D eigenvalue weighted by Crippen LogP contribution is 2.25. The molecule has 0 spiro atoms. The fourth-order valence-corrected chi connectivity index (χ4v) is 3.01. The van der Waals surface area contributed by atoms with Crippen LogP contribution < -0.4 is 0 Å². The van der Waals surface area contributed by atoms with Crippen molar-refractivity contribution in [2.24, 2.45) is 0 Å². The number of thiophene rings is 1. The number of hydrogen-bond acceptors (Lipinski definition) is 2. The lowest BCUT2D eigenvalue weighted by Crippen LogP contribution is -1.96. The molecule has 2 aromatic heterocycles. The van der Waals surface area contributed by atoms with Gasteiger partial charge in [0.05, 0.1) is 4.88 Å². The molecule has 96 valence electrons. The van der Waals surface area contributed by atoms with E-state index in [-0.39, 0.29) is 11.6 Å². The van der Waals surface area contributed by atoms with E-state index in [1.807, 2.05) is 12.1 Å². The molecule has 0 saturated heterocycles. The normalized spacial score (nSPS) is 11.1. The Bertz CT molecular complexity index is 756. The summed E-state index contributed by atoms with van der Waals surface area (Å²) >= 11 is 1.51. The molecule has 0 atom stereocenters. The zero-order valence-corrected chi connectivity index (χ0v) is 11.2. The van der Waals surface area contributed by atoms with Crippen molar-refractivity contribution in [1.29, 1.82) is 0 Å². The van der Waals surface area contributed by atoms with Crippen LogP contribution in [0.15, 0.2) is 36.5 Å². The second-order valence-corrected chi connectivity index (χ2v) is 5.51. The zero-order valence-electron chi connectivity index (χ0n) is 10.4. The molecule has 2 heterocycles. The highest BCUT2D eigenvalue weighted by atomic mass is 32.1. The first-order valence-electron chi connectivity index (χ1n) is 6.09. The molecule has 0 aliphatic heterocycles. The largest absolute Gasteiger partial charge is 0.360 e. The van der Waals surface area contributed by atoms with Gasteiger partial charge in [0.1, 0.15) is 5.82 Å². The molecule has 0 unspecified atom stereocenters. The maximum absolute atomic E-state index is 13.1. The SMILES string of the molecule is CCc1ccc(C(=O)c2c[nH]c3cc(F)ccc23)s1. The summed E-state index contributed by atoms with van der Waals surface area (Å²) in [5.41, 5.74) is 1.25. The third kappa shape index (κ3) is 2.08. The number of rotatable bonds is 3. The van der Waals surface area contributed by atoms with Crippen molar-refractivity contribution in [2.45, 2.75) is 13.3 Å². The van der Waals surface area contributed by atoms with Gasteiger partial charge >= 0.3 is 0 Å². The zero-order chi connectivity index (χ0) is 13.4. The predicted octanol–water partition coefficient (Wildman–Crippen LogP) is 4.16. The molecular weight excluding hydrogens is 261 g/mol. The van der Waals surface area contributed by atoms with Gasteiger partial charge in [0, 0.05) is 27.5 Å². The van der Waals surface area contributed by atoms with Crippen LogP contribution >= 0.6 is 11.3 Å². The van der Waals surface area contributed by atoms with Gasteiger partial charge in [0.25, 0.3) is 0 Å². The molecule has 0 aliphatic rings. The Morgan fingerprint density at radius 1 is 1.32 bits per heavy atom. The van der Waals surface area contributed by atoms with E-state index in [4.69, 9.17) is 0 Å². The Hall–Kier alpha value is -1.94. The molecule has 0 bridgehead atoms. The summed E-state index contributed by atoms with van der Waals surface area (Å²) in [5, 5.41) is 0.762. The molecule has 0 aliphatic carbocycles. The number of aryl methyl sites for hydroxylation is 1. The van der Waals surface area contributed by atoms with Gasteiger partial charge < -0.3 is 4.98 Å². The topological polar surface area (TPSA) is 32.9 Å². The number of aromatic nitrogens is 1. The third-order valence-corrected chi connectivity index (χ3v) is 4.35. The highest BCUT2D eigenvalue weighted by molar-refractivity contribution is 7.14. The van der Waals surface area contributed by atoms with E-state index < -0.39 is 0 Å². The highest BCUT2D eigenvalue weighted by Gasteiger charge is 2.16. The van der Waals surface area contributed by atoms with E-state index in [0.29, 0.717) is 11.1 Å². The van der Waals surface area contributed by atoms with Crippen LogP contribution in [0.3, 0.4) is 0 Å². The number of carbonyl (C=O) groups excluding carboxylic acids is 1. The lowest BCUT2D eigenvalue weighted by Gasteiger charge is -1.96. The van der Waals surface area contributed by atoms with Gasteiger partial charge in [-0.25, -0.2) is 4.39 Å². The molecule has 3 aromatic rings. The van der Waals surface area contributed by atoms with Crippen LogP contribution in [0.2, 0.25) is 0 Å². The van der Waals surface area contributed by atoms with Crippen molar-refractivity contribution in [1.82, 2.24) is 4.98 Å². The van der Waals surface area contributed by atoms with Crippen LogP contribution in [0.5, 0.6) is 0 Å². The van der Waals surface area contributed by atoms with E-state index in [1.165, 1.54) is 28.3 Å². The number of carbonyl (C=O) groups is 1. The molecular formula is C15H12FNOS. The first-order chi connectivity index (χ1) is 9.19. The molecule has 0 amide bonds. The second kappa shape index (κ2) is 4.63. The standard InChI is InChI=1S/C15H12FNOS/c1-2-10-4-6-14(19-10)15(18)12-8-17-13-7-9(16)3-5-11(12)13/h3-8,17H,2H2,1H3. The van der Waals surface area contributed by atoms with Gasteiger partial charge in [0.15, 0.2) is 0 Å². The van der Waals surface area contributed by atoms with E-state index in [9.17, 15) is 9.18 Å². The van der Waals surface area contributed by atoms with Crippen LogP contribution in [-0.4, -0.2) is 10.8 Å². The van der Waals surface area contributed by atoms with Crippen molar-refractivity contribution >= 4 is 28.0 Å². The average molecular weight is 273 g/mol. The van der Waals surface area contributed by atoms with Gasteiger partial charge in [-0.05, 0) is 36.8 Å². The van der Waals surface area contributed by atoms with Gasteiger partial charge in [-0.15, -0.1) is 11.3 Å². The summed E-state index contributed by atoms with van der Waals surface area (Å²) in [6, 6.07) is 8.25. The molecule has 3 rings (SSSR count). The number of hydrogen-bond donors (Lipinski definition) is 1. The molecule has 2 nitrogen and oxygen atoms in total. The van der Waals surface area contributed by atoms with E-state index in [2.05, 4.69) is 11.9 Å². The fraction of sp³-hybridized carbons (Fsp3) is 0.133. The van der Waals surface area contributed by atoms with Crippen molar-refractivity contribution in [3.05, 3.63) is 57.7 Å². The Morgan fingerprint density at radius 2 is 2.16 bits per heavy atom. The fourth-order valence-electron chi connectivity index (χ4n) is 2.11. The monoisotopic (exact) mass is 273 g/mol. The molecule has 0 fully saturated rings. The van der Waals surface area contributed by atoms with Crippen molar-refractivity contribution in [3.63, 3.8) is 0 Å². The maximum atomic E-state index is 13.1. The summed E-state index contributed by atoms with van der Waals surface area (Å²) in [6.07, 6.45) is 2.58. The van der Waals surface area contributed by atoms with Crippen LogP contribution in [0, 0.1) is 5.82 Å². The van der Waals surface area contributed by atoms with Crippen LogP contribution in [0.4, 0.5) is 4.39 Å². The van der Waals surface area contributed by atoms with E-state index in [0.717, 1.165) is 16.7 Å². The first-order valence-corrected chi connectivity index (χ1v) is 6.90. The molecule has 4 heteroatoms. The van der Waals surface area contributed by atoms with Crippen LogP contribution in [0.25, 0.3) is 10.9 Å². The molecule has 19 heavy (non-hydrogen) atoms. The van der Waals surface area contributed by atoms with Crippen molar-refractivity contribution in [2.75, 3.05) is 0 Å². The molecule has 1 aromatic carbocycles. The summed E-state index contributed by atoms with van der Waals surface area (Å²) in [4.78, 5) is 17.3. The number of nitrogens with one attached hydrogen (secondary N) is 1. The van der Waals surface area contributed by atoms with Crippen molar-refractivity contribution in [3.8, 4) is 0 Å². The lowest BCUT2D eigenvalue weighted by atomic mass is 10.1. The Balaban J connectivity index is 2.06. The third-order valence-electron chi connectivity index (χ3n) is 3.12. The molecule has 1 N–H and O–H groups in total. The Kier molecular flexibility index (Phi) is 2.95. The maximum Gasteiger partial charge on any atom is 0.205 e. The molecule has 0 radical (unpaired) electrons. The minimum Gasteiger partial charge on any atom is -0.360 e. The van der Waals surface area contributed by atoms with E-state index in [1.54, 1.807) is 12.3 Å². The van der Waals surface area contributed by atoms with E-state index >= 15 is 0 Å². The predicted molar refractivity (Wildman–Crippen MR) is 75.4 cm³/mol. The van der Waals surface area contributed by atoms with Gasteiger partial charge in [0.2, 0.25) is 5.78 Å². The number of ketones is 1. The number of H-pyrrole nitrogens is 1. The molecule has 0 saturated carbocycles. The number of halogens is 1. The number of aromatic amines is 1. The Morgan fingerprint density at radius 3 is 2.89 bits per heavy atom. The van der Waals surface area contributed by atoms with Gasteiger partial charge in [-0.1, -0.05) is 6.92 Å². The van der Waals surface area contributed by atoms with Crippen LogP contribution in [0.1, 0.15) is 27.0 Å². The quantitative estimate of drug-likeness (QED) is 0.714. The summed E-state index contributed by atoms with van der Waals surface area (Å²) < 4.78 is 13.1. The van der Waals surface area contributed by atoms with Crippen LogP contribution in [-0.2, 0) is 6.42 Å². The van der Waals surface area contributed by atoms with Crippen molar-refractivity contribution < 1.29 is 9.18 Å². The first kappa shape index (κ1) is 12.1. The average Bonchev–Trinajstić information content (AvgIpc) is 3.03. The van der Waals surface area contributed by atoms with Gasteiger partial charge in [-0.3, -0.25) is 4.79 Å². The number of fused-ring (bicyclic) bond motifs is 1. The van der Waals surface area contributed by atoms with Gasteiger partial charge in [-0.2, -0.15) is 0 Å². The summed E-state index contributed by atoms with van der Waals surface area (Å²) in [5.74, 6) is -0.319. The Labute approximate surface area is 113 Å². The second-order valence-electron chi connectivity index (χ2n) is 4.34. The number of benzene rings is 1. The lowest BCUT2D eigenvalue weighted by molar-refractivity contribution is 0.104. The summed E-state index contributed by atoms with van der Waals surface area (Å²) in [6.45, 7) is 2.06. The smallest absolute Gasteiger partial charge is 0.205 e. The minimum atomic E-state index is -0.308. The summed E-state index contributed by atoms with van der Waals surface area (Å²) in [7, 11) is 0. The minimum absolute atomic E-state index is 0.0115.